The highest BCUT2D eigenvalue weighted by Gasteiger charge is 2.16. The largest absolute Gasteiger partial charge is 0.457 e. The molecule has 4 rings (SSSR count). The first-order valence-corrected chi connectivity index (χ1v) is 9.80. The fraction of sp³-hybridized carbons (Fsp3) is 0.238. The van der Waals surface area contributed by atoms with E-state index in [0.29, 0.717) is 43.8 Å². The van der Waals surface area contributed by atoms with E-state index in [1.54, 1.807) is 4.90 Å². The van der Waals surface area contributed by atoms with Gasteiger partial charge in [0.25, 0.3) is 6.02 Å². The first-order valence-electron chi connectivity index (χ1n) is 9.80. The average molecular weight is 421 g/mol. The van der Waals surface area contributed by atoms with Gasteiger partial charge in [0.1, 0.15) is 11.5 Å². The smallest absolute Gasteiger partial charge is 0.284 e. The van der Waals surface area contributed by atoms with Crippen LogP contribution in [-0.4, -0.2) is 52.2 Å². The van der Waals surface area contributed by atoms with Crippen LogP contribution in [0.2, 0.25) is 0 Å². The van der Waals surface area contributed by atoms with Crippen LogP contribution in [0.15, 0.2) is 54.6 Å². The van der Waals surface area contributed by atoms with Crippen molar-refractivity contribution in [1.29, 1.82) is 5.41 Å². The fourth-order valence-corrected chi connectivity index (χ4v) is 2.91. The average Bonchev–Trinajstić information content (AvgIpc) is 2.80. The van der Waals surface area contributed by atoms with Gasteiger partial charge in [-0.15, -0.1) is 0 Å². The monoisotopic (exact) mass is 421 g/mol. The van der Waals surface area contributed by atoms with E-state index in [4.69, 9.17) is 25.4 Å². The minimum absolute atomic E-state index is 0.0153. The number of amidine groups is 1. The Bertz CT molecular complexity index is 1010. The van der Waals surface area contributed by atoms with Crippen molar-refractivity contribution >= 4 is 23.6 Å². The number of nitrogens with zero attached hydrogens (tertiary/aromatic N) is 4. The molecule has 1 saturated heterocycles. The second-order valence-corrected chi connectivity index (χ2v) is 6.69. The number of hydrogen-bond acceptors (Lipinski definition) is 9. The van der Waals surface area contributed by atoms with Gasteiger partial charge in [0.05, 0.1) is 13.2 Å². The lowest BCUT2D eigenvalue weighted by atomic mass is 10.3. The number of nitrogen functional groups attached to an aromatic ring is 1. The molecule has 1 fully saturated rings. The van der Waals surface area contributed by atoms with Crippen LogP contribution < -0.4 is 15.8 Å². The third-order valence-corrected chi connectivity index (χ3v) is 4.42. The van der Waals surface area contributed by atoms with Gasteiger partial charge in [-0.25, -0.2) is 0 Å². The Labute approximate surface area is 179 Å². The van der Waals surface area contributed by atoms with Gasteiger partial charge in [0.2, 0.25) is 11.9 Å². The number of para-hydroxylation sites is 1. The molecule has 1 aromatic heterocycles. The molecule has 0 amide bonds. The predicted molar refractivity (Wildman–Crippen MR) is 115 cm³/mol. The van der Waals surface area contributed by atoms with Gasteiger partial charge < -0.3 is 30.2 Å². The number of ether oxygens (including phenoxy) is 3. The SMILES string of the molecule is N=C(OCc1nc(N)nc(Nc2ccc(Oc3ccccc3)cc2)n1)N1CCOCC1. The molecule has 10 heteroatoms. The lowest BCUT2D eigenvalue weighted by molar-refractivity contribution is 0.0529. The summed E-state index contributed by atoms with van der Waals surface area (Å²) >= 11 is 0. The topological polar surface area (TPSA) is 132 Å². The summed E-state index contributed by atoms with van der Waals surface area (Å²) in [5, 5.41) is 11.1. The fourth-order valence-electron chi connectivity index (χ4n) is 2.91. The summed E-state index contributed by atoms with van der Waals surface area (Å²) in [7, 11) is 0. The maximum atomic E-state index is 8.04. The lowest BCUT2D eigenvalue weighted by Crippen LogP contribution is -2.41. The van der Waals surface area contributed by atoms with Gasteiger partial charge in [-0.3, -0.25) is 5.41 Å². The van der Waals surface area contributed by atoms with Crippen LogP contribution in [0.25, 0.3) is 0 Å². The molecule has 0 bridgehead atoms. The molecule has 1 aliphatic rings. The van der Waals surface area contributed by atoms with Gasteiger partial charge >= 0.3 is 0 Å². The van der Waals surface area contributed by atoms with Crippen molar-refractivity contribution in [3.05, 3.63) is 60.4 Å². The molecule has 1 aliphatic heterocycles. The minimum Gasteiger partial charge on any atom is -0.457 e. The summed E-state index contributed by atoms with van der Waals surface area (Å²) in [5.41, 5.74) is 6.58. The Morgan fingerprint density at radius 1 is 1.00 bits per heavy atom. The number of morpholine rings is 1. The second-order valence-electron chi connectivity index (χ2n) is 6.69. The summed E-state index contributed by atoms with van der Waals surface area (Å²) in [6, 6.07) is 17.0. The maximum Gasteiger partial charge on any atom is 0.284 e. The van der Waals surface area contributed by atoms with Crippen molar-refractivity contribution in [2.24, 2.45) is 0 Å². The zero-order chi connectivity index (χ0) is 21.5. The van der Waals surface area contributed by atoms with Crippen molar-refractivity contribution in [3.63, 3.8) is 0 Å². The molecular weight excluding hydrogens is 398 g/mol. The van der Waals surface area contributed by atoms with Gasteiger partial charge in [-0.1, -0.05) is 18.2 Å². The summed E-state index contributed by atoms with van der Waals surface area (Å²) < 4.78 is 16.6. The lowest BCUT2D eigenvalue weighted by Gasteiger charge is -2.27. The van der Waals surface area contributed by atoms with E-state index in [1.165, 1.54) is 0 Å². The van der Waals surface area contributed by atoms with Crippen LogP contribution in [0.4, 0.5) is 17.6 Å². The maximum absolute atomic E-state index is 8.04. The van der Waals surface area contributed by atoms with Gasteiger partial charge in [-0.05, 0) is 36.4 Å². The van der Waals surface area contributed by atoms with Gasteiger partial charge in [0, 0.05) is 18.8 Å². The van der Waals surface area contributed by atoms with E-state index >= 15 is 0 Å². The first kappa shape index (κ1) is 20.4. The van der Waals surface area contributed by atoms with Crippen molar-refractivity contribution in [1.82, 2.24) is 19.9 Å². The molecule has 2 heterocycles. The third kappa shape index (κ3) is 5.80. The highest BCUT2D eigenvalue weighted by molar-refractivity contribution is 5.70. The molecule has 2 aromatic carbocycles. The first-order chi connectivity index (χ1) is 15.2. The van der Waals surface area contributed by atoms with E-state index in [1.807, 2.05) is 54.6 Å². The Morgan fingerprint density at radius 2 is 1.71 bits per heavy atom. The van der Waals surface area contributed by atoms with Crippen LogP contribution in [-0.2, 0) is 16.1 Å². The number of rotatable bonds is 6. The van der Waals surface area contributed by atoms with Gasteiger partial charge in [0.15, 0.2) is 12.4 Å². The van der Waals surface area contributed by atoms with Crippen molar-refractivity contribution in [2.75, 3.05) is 37.4 Å². The summed E-state index contributed by atoms with van der Waals surface area (Å²) in [6.07, 6.45) is 0. The van der Waals surface area contributed by atoms with E-state index < -0.39 is 0 Å². The second kappa shape index (κ2) is 9.72. The highest BCUT2D eigenvalue weighted by atomic mass is 16.5. The Hall–Kier alpha value is -3.92. The molecular formula is C21H23N7O3. The number of nitrogens with two attached hydrogens (primary N) is 1. The van der Waals surface area contributed by atoms with Crippen LogP contribution in [0.1, 0.15) is 5.82 Å². The molecule has 0 radical (unpaired) electrons. The molecule has 3 aromatic rings. The summed E-state index contributed by atoms with van der Waals surface area (Å²) in [5.74, 6) is 2.17. The third-order valence-electron chi connectivity index (χ3n) is 4.42. The van der Waals surface area contributed by atoms with Crippen LogP contribution in [0.5, 0.6) is 11.5 Å². The standard InChI is InChI=1S/C21H23N7O3/c22-19-25-18(14-30-20(23)28-10-12-29-13-11-28)26-21(27-19)24-15-6-8-17(9-7-15)31-16-4-2-1-3-5-16/h1-9,23H,10-14H2,(H3,22,24,25,26,27). The van der Waals surface area contributed by atoms with Crippen LogP contribution >= 0.6 is 0 Å². The van der Waals surface area contributed by atoms with Crippen molar-refractivity contribution in [2.45, 2.75) is 6.61 Å². The van der Waals surface area contributed by atoms with E-state index in [-0.39, 0.29) is 18.6 Å². The zero-order valence-corrected chi connectivity index (χ0v) is 16.8. The summed E-state index contributed by atoms with van der Waals surface area (Å²) in [4.78, 5) is 14.3. The number of nitrogens with one attached hydrogen (secondary N) is 2. The van der Waals surface area contributed by atoms with Crippen LogP contribution in [0, 0.1) is 5.41 Å². The molecule has 10 nitrogen and oxygen atoms in total. The van der Waals surface area contributed by atoms with Crippen molar-refractivity contribution in [3.8, 4) is 11.5 Å². The van der Waals surface area contributed by atoms with Gasteiger partial charge in [-0.2, -0.15) is 15.0 Å². The van der Waals surface area contributed by atoms with E-state index in [0.717, 1.165) is 11.4 Å². The quantitative estimate of drug-likeness (QED) is 0.406. The number of hydrogen-bond donors (Lipinski definition) is 3. The number of benzene rings is 2. The Balaban J connectivity index is 1.36. The van der Waals surface area contributed by atoms with E-state index in [2.05, 4.69) is 20.3 Å². The molecule has 0 saturated carbocycles. The number of aromatic nitrogens is 3. The normalized spacial score (nSPS) is 13.5. The molecule has 0 spiro atoms. The van der Waals surface area contributed by atoms with Crippen LogP contribution in [0.3, 0.4) is 0 Å². The number of anilines is 3. The van der Waals surface area contributed by atoms with Crippen molar-refractivity contribution < 1.29 is 14.2 Å². The molecule has 31 heavy (non-hydrogen) atoms. The molecule has 0 aliphatic carbocycles. The Morgan fingerprint density at radius 3 is 2.45 bits per heavy atom. The summed E-state index contributed by atoms with van der Waals surface area (Å²) in [6.45, 7) is 2.41. The highest BCUT2D eigenvalue weighted by Crippen LogP contribution is 2.23. The molecule has 0 atom stereocenters. The molecule has 160 valence electrons. The minimum atomic E-state index is 0.0153. The van der Waals surface area contributed by atoms with E-state index in [9.17, 15) is 0 Å². The zero-order valence-electron chi connectivity index (χ0n) is 16.8. The predicted octanol–water partition coefficient (Wildman–Crippen LogP) is 2.77. The Kier molecular flexibility index (Phi) is 6.38. The molecule has 4 N–H and O–H groups in total. The molecule has 0 unspecified atom stereocenters.